The molecule has 3 N–H and O–H groups in total. The van der Waals surface area contributed by atoms with Gasteiger partial charge in [0.05, 0.1) is 12.0 Å². The van der Waals surface area contributed by atoms with Crippen LogP contribution >= 0.6 is 11.3 Å². The lowest BCUT2D eigenvalue weighted by Crippen LogP contribution is -2.49. The Morgan fingerprint density at radius 2 is 1.93 bits per heavy atom. The maximum atomic E-state index is 12.5. The van der Waals surface area contributed by atoms with Crippen LogP contribution in [0.25, 0.3) is 10.2 Å². The molecule has 164 valence electrons. The topological polar surface area (TPSA) is 119 Å². The molecule has 3 rings (SSSR count). The van der Waals surface area contributed by atoms with E-state index in [4.69, 9.17) is 5.11 Å². The number of alkyl halides is 3. The number of nitrogens with zero attached hydrogens (tertiary/aromatic N) is 4. The molecule has 0 radical (unpaired) electrons. The zero-order chi connectivity index (χ0) is 22.1. The van der Waals surface area contributed by atoms with Crippen molar-refractivity contribution in [2.45, 2.75) is 25.6 Å². The third-order valence-electron chi connectivity index (χ3n) is 4.49. The number of anilines is 2. The van der Waals surface area contributed by atoms with E-state index in [0.717, 1.165) is 4.88 Å². The average molecular weight is 447 g/mol. The molecule has 0 spiro atoms. The van der Waals surface area contributed by atoms with Crippen LogP contribution in [0.15, 0.2) is 6.07 Å². The minimum Gasteiger partial charge on any atom is -0.393 e. The number of aryl methyl sites for hydroxylation is 1. The molecule has 0 saturated carbocycles. The van der Waals surface area contributed by atoms with Crippen LogP contribution in [0.1, 0.15) is 11.3 Å². The predicted octanol–water partition coefficient (Wildman–Crippen LogP) is 0.892. The minimum atomic E-state index is -4.55. The lowest BCUT2D eigenvalue weighted by atomic mass is 10.2. The zero-order valence-corrected chi connectivity index (χ0v) is 16.8. The largest absolute Gasteiger partial charge is 0.397 e. The summed E-state index contributed by atoms with van der Waals surface area (Å²) in [7, 11) is 0. The van der Waals surface area contributed by atoms with E-state index in [0.29, 0.717) is 16.0 Å². The van der Waals surface area contributed by atoms with Crippen LogP contribution in [0.3, 0.4) is 0 Å². The number of amides is 2. The van der Waals surface area contributed by atoms with Gasteiger partial charge in [-0.3, -0.25) is 14.9 Å². The molecule has 30 heavy (non-hydrogen) atoms. The SMILES string of the molecule is Cc1cc2c(N3CCN(C(=O)CC(F)(F)F)CC3)nc(NC(=O)[C@H](O)CO)nc2s1. The summed E-state index contributed by atoms with van der Waals surface area (Å²) in [4.78, 5) is 36.8. The minimum absolute atomic E-state index is 0.0626. The molecule has 0 aromatic carbocycles. The Kier molecular flexibility index (Phi) is 6.43. The van der Waals surface area contributed by atoms with E-state index in [-0.39, 0.29) is 32.1 Å². The number of carbonyl (C=O) groups excluding carboxylic acids is 2. The fraction of sp³-hybridized carbons (Fsp3) is 0.529. The van der Waals surface area contributed by atoms with E-state index in [9.17, 15) is 27.9 Å². The average Bonchev–Trinajstić information content (AvgIpc) is 3.05. The first-order chi connectivity index (χ1) is 14.1. The van der Waals surface area contributed by atoms with Crippen molar-refractivity contribution in [3.05, 3.63) is 10.9 Å². The van der Waals surface area contributed by atoms with Gasteiger partial charge in [-0.2, -0.15) is 18.2 Å². The fourth-order valence-corrected chi connectivity index (χ4v) is 3.93. The number of hydrogen-bond donors (Lipinski definition) is 3. The number of aliphatic hydroxyl groups excluding tert-OH is 2. The van der Waals surface area contributed by atoms with Gasteiger partial charge >= 0.3 is 6.18 Å². The van der Waals surface area contributed by atoms with Crippen molar-refractivity contribution in [1.29, 1.82) is 0 Å². The summed E-state index contributed by atoms with van der Waals surface area (Å²) in [5, 5.41) is 21.4. The van der Waals surface area contributed by atoms with Gasteiger partial charge in [0.25, 0.3) is 5.91 Å². The highest BCUT2D eigenvalue weighted by Gasteiger charge is 2.34. The van der Waals surface area contributed by atoms with E-state index in [1.54, 1.807) is 0 Å². The Bertz CT molecular complexity index is 943. The molecule has 2 aromatic heterocycles. The molecule has 1 saturated heterocycles. The predicted molar refractivity (Wildman–Crippen MR) is 103 cm³/mol. The van der Waals surface area contributed by atoms with Crippen molar-refractivity contribution in [2.24, 2.45) is 0 Å². The van der Waals surface area contributed by atoms with Crippen LogP contribution in [-0.2, 0) is 9.59 Å². The fourth-order valence-electron chi connectivity index (χ4n) is 3.05. The Morgan fingerprint density at radius 1 is 1.27 bits per heavy atom. The summed E-state index contributed by atoms with van der Waals surface area (Å²) in [6.45, 7) is 1.85. The summed E-state index contributed by atoms with van der Waals surface area (Å²) < 4.78 is 37.4. The quantitative estimate of drug-likeness (QED) is 0.623. The maximum Gasteiger partial charge on any atom is 0.397 e. The van der Waals surface area contributed by atoms with E-state index in [2.05, 4.69) is 15.3 Å². The summed E-state index contributed by atoms with van der Waals surface area (Å²) in [5.41, 5.74) is 0. The second-order valence-corrected chi connectivity index (χ2v) is 8.03. The maximum absolute atomic E-state index is 12.5. The molecule has 1 aliphatic heterocycles. The number of aliphatic hydroxyl groups is 2. The van der Waals surface area contributed by atoms with Crippen LogP contribution in [0, 0.1) is 6.92 Å². The van der Waals surface area contributed by atoms with Gasteiger partial charge in [-0.25, -0.2) is 4.98 Å². The summed E-state index contributed by atoms with van der Waals surface area (Å²) in [6.07, 6.45) is -7.66. The number of fused-ring (bicyclic) bond motifs is 1. The van der Waals surface area contributed by atoms with Crippen molar-refractivity contribution in [3.63, 3.8) is 0 Å². The molecule has 0 unspecified atom stereocenters. The number of piperazine rings is 1. The van der Waals surface area contributed by atoms with Crippen LogP contribution in [-0.4, -0.2) is 82.0 Å². The van der Waals surface area contributed by atoms with Gasteiger partial charge in [-0.05, 0) is 13.0 Å². The normalized spacial score (nSPS) is 16.1. The number of carbonyl (C=O) groups is 2. The Morgan fingerprint density at radius 3 is 2.53 bits per heavy atom. The van der Waals surface area contributed by atoms with Crippen LogP contribution in [0.4, 0.5) is 24.9 Å². The molecule has 0 aliphatic carbocycles. The molecule has 13 heteroatoms. The highest BCUT2D eigenvalue weighted by atomic mass is 32.1. The first-order valence-corrected chi connectivity index (χ1v) is 9.86. The smallest absolute Gasteiger partial charge is 0.393 e. The molecule has 3 heterocycles. The summed E-state index contributed by atoms with van der Waals surface area (Å²) in [5.74, 6) is -1.42. The Hall–Kier alpha value is -2.51. The van der Waals surface area contributed by atoms with Gasteiger partial charge in [0.15, 0.2) is 6.10 Å². The Balaban J connectivity index is 1.80. The second kappa shape index (κ2) is 8.70. The van der Waals surface area contributed by atoms with Gasteiger partial charge in [0.2, 0.25) is 11.9 Å². The third kappa shape index (κ3) is 5.15. The Labute approximate surface area is 173 Å². The highest BCUT2D eigenvalue weighted by Crippen LogP contribution is 2.32. The van der Waals surface area contributed by atoms with Crippen molar-refractivity contribution in [3.8, 4) is 0 Å². The lowest BCUT2D eigenvalue weighted by molar-refractivity contribution is -0.161. The monoisotopic (exact) mass is 447 g/mol. The van der Waals surface area contributed by atoms with Crippen molar-refractivity contribution in [1.82, 2.24) is 14.9 Å². The van der Waals surface area contributed by atoms with Crippen LogP contribution < -0.4 is 10.2 Å². The van der Waals surface area contributed by atoms with Gasteiger partial charge in [0, 0.05) is 31.1 Å². The summed E-state index contributed by atoms with van der Waals surface area (Å²) >= 11 is 1.37. The van der Waals surface area contributed by atoms with Crippen molar-refractivity contribution in [2.75, 3.05) is 43.0 Å². The van der Waals surface area contributed by atoms with Crippen LogP contribution in [0.2, 0.25) is 0 Å². The second-order valence-electron chi connectivity index (χ2n) is 6.79. The number of hydrogen-bond acceptors (Lipinski definition) is 8. The third-order valence-corrected chi connectivity index (χ3v) is 5.43. The van der Waals surface area contributed by atoms with E-state index in [1.165, 1.54) is 16.2 Å². The zero-order valence-electron chi connectivity index (χ0n) is 15.9. The highest BCUT2D eigenvalue weighted by molar-refractivity contribution is 7.18. The van der Waals surface area contributed by atoms with Gasteiger partial charge in [0.1, 0.15) is 17.1 Å². The molecule has 1 atom stereocenters. The van der Waals surface area contributed by atoms with Crippen LogP contribution in [0.5, 0.6) is 0 Å². The van der Waals surface area contributed by atoms with E-state index < -0.39 is 37.1 Å². The molecule has 1 aliphatic rings. The van der Waals surface area contributed by atoms with Crippen molar-refractivity contribution >= 4 is 45.1 Å². The number of aromatic nitrogens is 2. The first-order valence-electron chi connectivity index (χ1n) is 9.05. The molecular weight excluding hydrogens is 427 g/mol. The van der Waals surface area contributed by atoms with Crippen molar-refractivity contribution < 1.29 is 33.0 Å². The standard InChI is InChI=1S/C17H20F3N5O4S/c1-9-6-10-13(21-16(23-15(10)30-9)22-14(29)11(27)8-26)25-4-2-24(3-5-25)12(28)7-17(18,19)20/h6,11,26-27H,2-5,7-8H2,1H3,(H,21,22,23,29)/t11-/m1/s1. The molecule has 9 nitrogen and oxygen atoms in total. The number of thiophene rings is 1. The first kappa shape index (κ1) is 22.2. The van der Waals surface area contributed by atoms with Gasteiger partial charge in [-0.15, -0.1) is 11.3 Å². The summed E-state index contributed by atoms with van der Waals surface area (Å²) in [6, 6.07) is 1.87. The molecule has 0 bridgehead atoms. The number of rotatable bonds is 5. The van der Waals surface area contributed by atoms with Gasteiger partial charge < -0.3 is 20.0 Å². The van der Waals surface area contributed by atoms with E-state index in [1.807, 2.05) is 17.9 Å². The van der Waals surface area contributed by atoms with Gasteiger partial charge in [-0.1, -0.05) is 0 Å². The van der Waals surface area contributed by atoms with E-state index >= 15 is 0 Å². The molecule has 2 amide bonds. The molecule has 2 aromatic rings. The number of nitrogens with one attached hydrogen (secondary N) is 1. The number of halogens is 3. The lowest BCUT2D eigenvalue weighted by Gasteiger charge is -2.36. The molecule has 1 fully saturated rings. The molecular formula is C17H20F3N5O4S.